The Hall–Kier alpha value is -0.890. The molecule has 2 rings (SSSR count). The van der Waals surface area contributed by atoms with Crippen LogP contribution < -0.4 is 5.73 Å². The molecule has 1 aromatic rings. The van der Waals surface area contributed by atoms with Crippen LogP contribution in [0.3, 0.4) is 0 Å². The fraction of sp³-hybridized carbons (Fsp3) is 0.600. The van der Waals surface area contributed by atoms with Gasteiger partial charge >= 0.3 is 0 Å². The molecular formula is C15H22FN. The van der Waals surface area contributed by atoms with Gasteiger partial charge in [0.1, 0.15) is 5.82 Å². The van der Waals surface area contributed by atoms with Crippen molar-refractivity contribution in [2.24, 2.45) is 11.7 Å². The van der Waals surface area contributed by atoms with E-state index in [-0.39, 0.29) is 5.82 Å². The van der Waals surface area contributed by atoms with Gasteiger partial charge in [-0.15, -0.1) is 0 Å². The van der Waals surface area contributed by atoms with Gasteiger partial charge in [0, 0.05) is 0 Å². The maximum atomic E-state index is 13.3. The zero-order valence-electron chi connectivity index (χ0n) is 10.6. The van der Waals surface area contributed by atoms with Crippen molar-refractivity contribution in [3.63, 3.8) is 0 Å². The maximum absolute atomic E-state index is 13.3. The fourth-order valence-electron chi connectivity index (χ4n) is 3.04. The Morgan fingerprint density at radius 3 is 2.59 bits per heavy atom. The third kappa shape index (κ3) is 2.86. The highest BCUT2D eigenvalue weighted by Gasteiger charge is 2.24. The minimum atomic E-state index is -0.117. The second-order valence-corrected chi connectivity index (χ2v) is 5.25. The monoisotopic (exact) mass is 235 g/mol. The summed E-state index contributed by atoms with van der Waals surface area (Å²) in [4.78, 5) is 0. The van der Waals surface area contributed by atoms with Crippen LogP contribution in [0.1, 0.15) is 49.1 Å². The van der Waals surface area contributed by atoms with Crippen molar-refractivity contribution in [2.75, 3.05) is 6.54 Å². The average Bonchev–Trinajstić information content (AvgIpc) is 2.36. The number of nitrogens with two attached hydrogens (primary N) is 1. The summed E-state index contributed by atoms with van der Waals surface area (Å²) >= 11 is 0. The molecule has 1 unspecified atom stereocenters. The van der Waals surface area contributed by atoms with Gasteiger partial charge in [-0.3, -0.25) is 0 Å². The van der Waals surface area contributed by atoms with Crippen molar-refractivity contribution in [3.8, 4) is 0 Å². The van der Waals surface area contributed by atoms with Gasteiger partial charge in [0.15, 0.2) is 0 Å². The molecule has 1 aliphatic carbocycles. The van der Waals surface area contributed by atoms with Gasteiger partial charge in [-0.05, 0) is 55.3 Å². The summed E-state index contributed by atoms with van der Waals surface area (Å²) in [5, 5.41) is 0. The molecule has 0 aliphatic heterocycles. The van der Waals surface area contributed by atoms with Crippen LogP contribution in [0.4, 0.5) is 4.39 Å². The zero-order valence-corrected chi connectivity index (χ0v) is 10.6. The lowest BCUT2D eigenvalue weighted by atomic mass is 9.76. The Balaban J connectivity index is 2.18. The van der Waals surface area contributed by atoms with Gasteiger partial charge in [-0.1, -0.05) is 31.4 Å². The summed E-state index contributed by atoms with van der Waals surface area (Å²) in [7, 11) is 0. The smallest absolute Gasteiger partial charge is 0.126 e. The summed E-state index contributed by atoms with van der Waals surface area (Å²) in [5.41, 5.74) is 7.88. The quantitative estimate of drug-likeness (QED) is 0.848. The molecule has 1 saturated carbocycles. The van der Waals surface area contributed by atoms with Crippen molar-refractivity contribution in [1.29, 1.82) is 0 Å². The molecule has 0 saturated heterocycles. The van der Waals surface area contributed by atoms with Gasteiger partial charge in [-0.25, -0.2) is 4.39 Å². The summed E-state index contributed by atoms with van der Waals surface area (Å²) in [5.74, 6) is 0.987. The Kier molecular flexibility index (Phi) is 4.16. The van der Waals surface area contributed by atoms with Gasteiger partial charge in [-0.2, -0.15) is 0 Å². The van der Waals surface area contributed by atoms with E-state index in [4.69, 9.17) is 5.73 Å². The Labute approximate surface area is 103 Å². The molecule has 1 aromatic carbocycles. The van der Waals surface area contributed by atoms with E-state index in [1.165, 1.54) is 37.7 Å². The molecule has 0 spiro atoms. The molecule has 94 valence electrons. The molecule has 0 heterocycles. The van der Waals surface area contributed by atoms with E-state index >= 15 is 0 Å². The first kappa shape index (κ1) is 12.6. The summed E-state index contributed by atoms with van der Waals surface area (Å²) in [6, 6.07) is 5.46. The molecule has 2 heteroatoms. The minimum Gasteiger partial charge on any atom is -0.330 e. The molecule has 0 amide bonds. The number of halogens is 1. The van der Waals surface area contributed by atoms with Crippen LogP contribution in [-0.2, 0) is 0 Å². The van der Waals surface area contributed by atoms with E-state index in [1.807, 2.05) is 19.1 Å². The zero-order chi connectivity index (χ0) is 12.3. The first-order valence-electron chi connectivity index (χ1n) is 6.68. The third-order valence-corrected chi connectivity index (χ3v) is 4.08. The summed E-state index contributed by atoms with van der Waals surface area (Å²) in [6.45, 7) is 2.50. The summed E-state index contributed by atoms with van der Waals surface area (Å²) < 4.78 is 13.3. The maximum Gasteiger partial charge on any atom is 0.126 e. The van der Waals surface area contributed by atoms with E-state index < -0.39 is 0 Å². The third-order valence-electron chi connectivity index (χ3n) is 4.08. The highest BCUT2D eigenvalue weighted by molar-refractivity contribution is 5.27. The standard InChI is InChI=1S/C15H22FN/c1-11-9-13(7-8-15(11)16)14(10-17)12-5-3-2-4-6-12/h7-9,12,14H,2-6,10,17H2,1H3. The molecule has 0 bridgehead atoms. The van der Waals surface area contributed by atoms with Gasteiger partial charge in [0.2, 0.25) is 0 Å². The lowest BCUT2D eigenvalue weighted by Crippen LogP contribution is -2.23. The fourth-order valence-corrected chi connectivity index (χ4v) is 3.04. The van der Waals surface area contributed by atoms with Crippen molar-refractivity contribution >= 4 is 0 Å². The minimum absolute atomic E-state index is 0.117. The molecule has 17 heavy (non-hydrogen) atoms. The normalized spacial score (nSPS) is 19.2. The van der Waals surface area contributed by atoms with Gasteiger partial charge in [0.25, 0.3) is 0 Å². The molecule has 0 radical (unpaired) electrons. The van der Waals surface area contributed by atoms with Crippen LogP contribution in [0.15, 0.2) is 18.2 Å². The van der Waals surface area contributed by atoms with Crippen molar-refractivity contribution in [1.82, 2.24) is 0 Å². The lowest BCUT2D eigenvalue weighted by Gasteiger charge is -2.30. The molecule has 1 nitrogen and oxygen atoms in total. The first-order valence-corrected chi connectivity index (χ1v) is 6.68. The van der Waals surface area contributed by atoms with Crippen LogP contribution >= 0.6 is 0 Å². The molecule has 2 N–H and O–H groups in total. The van der Waals surface area contributed by atoms with Crippen LogP contribution in [0.5, 0.6) is 0 Å². The molecule has 1 atom stereocenters. The molecule has 1 fully saturated rings. The van der Waals surface area contributed by atoms with Crippen molar-refractivity contribution < 1.29 is 4.39 Å². The predicted octanol–water partition coefficient (Wildman–Crippen LogP) is 3.76. The Bertz CT molecular complexity index is 369. The van der Waals surface area contributed by atoms with Crippen molar-refractivity contribution in [2.45, 2.75) is 44.9 Å². The van der Waals surface area contributed by atoms with E-state index in [0.29, 0.717) is 18.4 Å². The van der Waals surface area contributed by atoms with E-state index in [9.17, 15) is 4.39 Å². The van der Waals surface area contributed by atoms with Crippen LogP contribution in [0.2, 0.25) is 0 Å². The second-order valence-electron chi connectivity index (χ2n) is 5.25. The number of rotatable bonds is 3. The Morgan fingerprint density at radius 2 is 2.00 bits per heavy atom. The highest BCUT2D eigenvalue weighted by atomic mass is 19.1. The summed E-state index contributed by atoms with van der Waals surface area (Å²) in [6.07, 6.45) is 6.55. The molecular weight excluding hydrogens is 213 g/mol. The molecule has 0 aromatic heterocycles. The molecule has 1 aliphatic rings. The topological polar surface area (TPSA) is 26.0 Å². The number of hydrogen-bond donors (Lipinski definition) is 1. The second kappa shape index (κ2) is 5.63. The lowest BCUT2D eigenvalue weighted by molar-refractivity contribution is 0.307. The van der Waals surface area contributed by atoms with Crippen LogP contribution in [0.25, 0.3) is 0 Å². The van der Waals surface area contributed by atoms with Crippen LogP contribution in [-0.4, -0.2) is 6.54 Å². The number of hydrogen-bond acceptors (Lipinski definition) is 1. The van der Waals surface area contributed by atoms with Gasteiger partial charge < -0.3 is 5.73 Å². The average molecular weight is 235 g/mol. The highest BCUT2D eigenvalue weighted by Crippen LogP contribution is 2.35. The predicted molar refractivity (Wildman–Crippen MR) is 69.5 cm³/mol. The first-order chi connectivity index (χ1) is 8.22. The van der Waals surface area contributed by atoms with Crippen molar-refractivity contribution in [3.05, 3.63) is 35.1 Å². The van der Waals surface area contributed by atoms with E-state index in [0.717, 1.165) is 5.56 Å². The van der Waals surface area contributed by atoms with Gasteiger partial charge in [0.05, 0.1) is 0 Å². The Morgan fingerprint density at radius 1 is 1.29 bits per heavy atom. The van der Waals surface area contributed by atoms with Crippen LogP contribution in [0, 0.1) is 18.7 Å². The van der Waals surface area contributed by atoms with E-state index in [1.54, 1.807) is 6.07 Å². The van der Waals surface area contributed by atoms with E-state index in [2.05, 4.69) is 0 Å². The largest absolute Gasteiger partial charge is 0.330 e. The SMILES string of the molecule is Cc1cc(C(CN)C2CCCCC2)ccc1F. The number of aryl methyl sites for hydroxylation is 1. The number of benzene rings is 1.